The van der Waals surface area contributed by atoms with Gasteiger partial charge in [0.15, 0.2) is 0 Å². The third kappa shape index (κ3) is 2.58. The zero-order valence-electron chi connectivity index (χ0n) is 12.7. The van der Waals surface area contributed by atoms with Gasteiger partial charge in [0.1, 0.15) is 0 Å². The molecule has 2 aromatic carbocycles. The van der Waals surface area contributed by atoms with Crippen molar-refractivity contribution in [2.24, 2.45) is 0 Å². The molecule has 116 valence electrons. The number of hydrogen-bond acceptors (Lipinski definition) is 4. The minimum absolute atomic E-state index is 0.456. The SMILES string of the molecule is OB(O)c1ccc(-c2cc(-c3ccccc3)nc3nccn23)cc1. The van der Waals surface area contributed by atoms with Gasteiger partial charge in [-0.25, -0.2) is 9.97 Å². The molecular formula is C18H14BN3O2. The fourth-order valence-corrected chi connectivity index (χ4v) is 2.71. The normalized spacial score (nSPS) is 10.9. The number of nitrogens with zero attached hydrogens (tertiary/aromatic N) is 3. The summed E-state index contributed by atoms with van der Waals surface area (Å²) in [5.41, 5.74) is 4.21. The molecule has 0 aliphatic carbocycles. The molecule has 0 fully saturated rings. The van der Waals surface area contributed by atoms with Crippen molar-refractivity contribution >= 4 is 18.4 Å². The molecule has 2 aromatic heterocycles. The van der Waals surface area contributed by atoms with E-state index in [2.05, 4.69) is 9.97 Å². The third-order valence-electron chi connectivity index (χ3n) is 3.95. The van der Waals surface area contributed by atoms with Gasteiger partial charge in [-0.3, -0.25) is 4.40 Å². The van der Waals surface area contributed by atoms with E-state index < -0.39 is 7.12 Å². The van der Waals surface area contributed by atoms with Crippen LogP contribution in [0.1, 0.15) is 0 Å². The molecule has 0 aliphatic heterocycles. The van der Waals surface area contributed by atoms with E-state index in [9.17, 15) is 10.0 Å². The fourth-order valence-electron chi connectivity index (χ4n) is 2.71. The molecule has 0 spiro atoms. The topological polar surface area (TPSA) is 70.7 Å². The molecule has 2 heterocycles. The first-order valence-electron chi connectivity index (χ1n) is 7.58. The van der Waals surface area contributed by atoms with Crippen molar-refractivity contribution in [2.75, 3.05) is 0 Å². The van der Waals surface area contributed by atoms with E-state index in [0.717, 1.165) is 22.5 Å². The van der Waals surface area contributed by atoms with Crippen LogP contribution in [0.3, 0.4) is 0 Å². The molecule has 0 atom stereocenters. The van der Waals surface area contributed by atoms with Crippen LogP contribution in [0.15, 0.2) is 73.1 Å². The molecule has 0 saturated heterocycles. The molecule has 4 aromatic rings. The van der Waals surface area contributed by atoms with Gasteiger partial charge in [-0.2, -0.15) is 0 Å². The monoisotopic (exact) mass is 315 g/mol. The Morgan fingerprint density at radius 3 is 2.33 bits per heavy atom. The van der Waals surface area contributed by atoms with Crippen molar-refractivity contribution in [3.63, 3.8) is 0 Å². The highest BCUT2D eigenvalue weighted by atomic mass is 16.4. The highest BCUT2D eigenvalue weighted by molar-refractivity contribution is 6.58. The summed E-state index contributed by atoms with van der Waals surface area (Å²) in [5, 5.41) is 18.5. The van der Waals surface area contributed by atoms with Crippen molar-refractivity contribution in [1.29, 1.82) is 0 Å². The summed E-state index contributed by atoms with van der Waals surface area (Å²) < 4.78 is 1.91. The summed E-state index contributed by atoms with van der Waals surface area (Å²) in [6.07, 6.45) is 3.58. The number of hydrogen-bond donors (Lipinski definition) is 2. The van der Waals surface area contributed by atoms with E-state index in [1.807, 2.05) is 59.1 Å². The zero-order valence-corrected chi connectivity index (χ0v) is 12.7. The number of benzene rings is 2. The lowest BCUT2D eigenvalue weighted by atomic mass is 9.80. The largest absolute Gasteiger partial charge is 0.488 e. The Bertz CT molecular complexity index is 982. The van der Waals surface area contributed by atoms with Gasteiger partial charge in [0.2, 0.25) is 5.78 Å². The van der Waals surface area contributed by atoms with Gasteiger partial charge in [-0.1, -0.05) is 54.6 Å². The predicted octanol–water partition coefficient (Wildman–Crippen LogP) is 1.74. The Hall–Kier alpha value is -2.96. The molecular weight excluding hydrogens is 301 g/mol. The van der Waals surface area contributed by atoms with Gasteiger partial charge in [-0.05, 0) is 17.1 Å². The first kappa shape index (κ1) is 14.6. The van der Waals surface area contributed by atoms with Gasteiger partial charge >= 0.3 is 7.12 Å². The van der Waals surface area contributed by atoms with Gasteiger partial charge in [0, 0.05) is 18.0 Å². The molecule has 0 bridgehead atoms. The van der Waals surface area contributed by atoms with Crippen molar-refractivity contribution < 1.29 is 10.0 Å². The Morgan fingerprint density at radius 2 is 1.62 bits per heavy atom. The summed E-state index contributed by atoms with van der Waals surface area (Å²) in [7, 11) is -1.47. The Balaban J connectivity index is 1.89. The number of rotatable bonds is 3. The standard InChI is InChI=1S/C18H14BN3O2/c23-19(24)15-8-6-14(7-9-15)17-12-16(13-4-2-1-3-5-13)21-18-20-10-11-22(17)18/h1-12,23-24H. The average Bonchev–Trinajstić information content (AvgIpc) is 3.10. The lowest BCUT2D eigenvalue weighted by molar-refractivity contribution is 0.426. The summed E-state index contributed by atoms with van der Waals surface area (Å²) in [6, 6.07) is 19.1. The van der Waals surface area contributed by atoms with E-state index in [-0.39, 0.29) is 0 Å². The van der Waals surface area contributed by atoms with Crippen LogP contribution in [0.4, 0.5) is 0 Å². The number of aromatic nitrogens is 3. The average molecular weight is 315 g/mol. The third-order valence-corrected chi connectivity index (χ3v) is 3.95. The van der Waals surface area contributed by atoms with Crippen LogP contribution in [0.2, 0.25) is 0 Å². The maximum absolute atomic E-state index is 9.25. The van der Waals surface area contributed by atoms with Crippen LogP contribution >= 0.6 is 0 Å². The maximum atomic E-state index is 9.25. The lowest BCUT2D eigenvalue weighted by Crippen LogP contribution is -2.29. The minimum Gasteiger partial charge on any atom is -0.423 e. The summed E-state index contributed by atoms with van der Waals surface area (Å²) in [6.45, 7) is 0. The van der Waals surface area contributed by atoms with Gasteiger partial charge in [-0.15, -0.1) is 0 Å². The van der Waals surface area contributed by atoms with Crippen LogP contribution in [0.5, 0.6) is 0 Å². The van der Waals surface area contributed by atoms with Gasteiger partial charge in [0.25, 0.3) is 0 Å². The van der Waals surface area contributed by atoms with E-state index in [4.69, 9.17) is 0 Å². The second-order valence-corrected chi connectivity index (χ2v) is 5.49. The van der Waals surface area contributed by atoms with Crippen LogP contribution in [0, 0.1) is 0 Å². The minimum atomic E-state index is -1.47. The molecule has 2 N–H and O–H groups in total. The molecule has 24 heavy (non-hydrogen) atoms. The highest BCUT2D eigenvalue weighted by Crippen LogP contribution is 2.25. The second kappa shape index (κ2) is 5.92. The smallest absolute Gasteiger partial charge is 0.423 e. The first-order valence-corrected chi connectivity index (χ1v) is 7.58. The quantitative estimate of drug-likeness (QED) is 0.565. The maximum Gasteiger partial charge on any atom is 0.488 e. The molecule has 6 heteroatoms. The van der Waals surface area contributed by atoms with Crippen LogP contribution < -0.4 is 5.46 Å². The van der Waals surface area contributed by atoms with E-state index in [1.165, 1.54) is 0 Å². The molecule has 0 aliphatic rings. The molecule has 0 amide bonds. The summed E-state index contributed by atoms with van der Waals surface area (Å²) in [4.78, 5) is 8.92. The lowest BCUT2D eigenvalue weighted by Gasteiger charge is -2.09. The van der Waals surface area contributed by atoms with E-state index in [1.54, 1.807) is 18.3 Å². The van der Waals surface area contributed by atoms with E-state index >= 15 is 0 Å². The van der Waals surface area contributed by atoms with Gasteiger partial charge < -0.3 is 10.0 Å². The fraction of sp³-hybridized carbons (Fsp3) is 0. The van der Waals surface area contributed by atoms with Crippen LogP contribution in [-0.2, 0) is 0 Å². The summed E-state index contributed by atoms with van der Waals surface area (Å²) >= 11 is 0. The number of imidazole rings is 1. The Morgan fingerprint density at radius 1 is 0.875 bits per heavy atom. The molecule has 5 nitrogen and oxygen atoms in total. The molecule has 0 saturated carbocycles. The highest BCUT2D eigenvalue weighted by Gasteiger charge is 2.13. The zero-order chi connectivity index (χ0) is 16.5. The molecule has 0 radical (unpaired) electrons. The van der Waals surface area contributed by atoms with Crippen LogP contribution in [-0.4, -0.2) is 31.5 Å². The number of fused-ring (bicyclic) bond motifs is 1. The van der Waals surface area contributed by atoms with Crippen LogP contribution in [0.25, 0.3) is 28.3 Å². The van der Waals surface area contributed by atoms with Gasteiger partial charge in [0.05, 0.1) is 11.4 Å². The summed E-state index contributed by atoms with van der Waals surface area (Å²) in [5.74, 6) is 0.623. The van der Waals surface area contributed by atoms with Crippen molar-refractivity contribution in [1.82, 2.24) is 14.4 Å². The first-order chi connectivity index (χ1) is 11.7. The van der Waals surface area contributed by atoms with Crippen molar-refractivity contribution in [2.45, 2.75) is 0 Å². The predicted molar refractivity (Wildman–Crippen MR) is 93.7 cm³/mol. The second-order valence-electron chi connectivity index (χ2n) is 5.49. The molecule has 0 unspecified atom stereocenters. The Labute approximate surface area is 139 Å². The van der Waals surface area contributed by atoms with Crippen molar-refractivity contribution in [3.8, 4) is 22.5 Å². The van der Waals surface area contributed by atoms with E-state index in [0.29, 0.717) is 11.2 Å². The Kier molecular flexibility index (Phi) is 3.61. The molecule has 4 rings (SSSR count). The van der Waals surface area contributed by atoms with Crippen molar-refractivity contribution in [3.05, 3.63) is 73.1 Å².